The smallest absolute Gasteiger partial charge is 0.251 e. The standard InChI is InChI=1S/C21H24N4O2/c1-15(14-25-7-9-27-10-8-25)23-21(26)18-4-2-3-16(11-18)17-5-6-19-13-22-24-20(19)12-17/h2-6,11-13,15H,7-10,14H2,1H3,(H,22,24)(H,23,26)/t15-/m0/s1. The molecule has 3 aromatic rings. The Kier molecular flexibility index (Phi) is 5.18. The lowest BCUT2D eigenvalue weighted by molar-refractivity contribution is 0.0342. The second kappa shape index (κ2) is 7.90. The first kappa shape index (κ1) is 17.7. The van der Waals surface area contributed by atoms with Crippen LogP contribution >= 0.6 is 0 Å². The molecule has 0 unspecified atom stereocenters. The molecule has 4 rings (SSSR count). The first-order valence-corrected chi connectivity index (χ1v) is 9.33. The quantitative estimate of drug-likeness (QED) is 0.730. The first-order chi connectivity index (χ1) is 13.2. The van der Waals surface area contributed by atoms with Gasteiger partial charge in [-0.05, 0) is 36.2 Å². The van der Waals surface area contributed by atoms with Crippen molar-refractivity contribution in [2.75, 3.05) is 32.8 Å². The molecule has 0 spiro atoms. The highest BCUT2D eigenvalue weighted by molar-refractivity contribution is 5.96. The van der Waals surface area contributed by atoms with Gasteiger partial charge < -0.3 is 10.1 Å². The zero-order chi connectivity index (χ0) is 18.6. The number of carbonyl (C=O) groups excluding carboxylic acids is 1. The molecule has 2 N–H and O–H groups in total. The number of H-pyrrole nitrogens is 1. The molecule has 0 bridgehead atoms. The number of carbonyl (C=O) groups is 1. The fourth-order valence-corrected chi connectivity index (χ4v) is 3.48. The van der Waals surface area contributed by atoms with Crippen molar-refractivity contribution in [3.8, 4) is 11.1 Å². The molecule has 0 aliphatic carbocycles. The van der Waals surface area contributed by atoms with Crippen LogP contribution in [0.3, 0.4) is 0 Å². The SMILES string of the molecule is C[C@@H](CN1CCOCC1)NC(=O)c1cccc(-c2ccc3cn[nH]c3c2)c1. The molecule has 27 heavy (non-hydrogen) atoms. The summed E-state index contributed by atoms with van der Waals surface area (Å²) in [5.74, 6) is -0.0415. The zero-order valence-corrected chi connectivity index (χ0v) is 15.4. The Morgan fingerprint density at radius 2 is 2.04 bits per heavy atom. The predicted molar refractivity (Wildman–Crippen MR) is 106 cm³/mol. The van der Waals surface area contributed by atoms with Crippen LogP contribution in [0, 0.1) is 0 Å². The van der Waals surface area contributed by atoms with E-state index in [4.69, 9.17) is 4.74 Å². The molecule has 1 atom stereocenters. The summed E-state index contributed by atoms with van der Waals surface area (Å²) in [6, 6.07) is 14.0. The minimum absolute atomic E-state index is 0.0415. The number of aromatic nitrogens is 2. The van der Waals surface area contributed by atoms with E-state index in [0.29, 0.717) is 5.56 Å². The van der Waals surface area contributed by atoms with Gasteiger partial charge in [0.25, 0.3) is 5.91 Å². The van der Waals surface area contributed by atoms with Crippen molar-refractivity contribution in [2.24, 2.45) is 0 Å². The van der Waals surface area contributed by atoms with Crippen LogP contribution < -0.4 is 5.32 Å². The number of nitrogens with one attached hydrogen (secondary N) is 2. The molecule has 6 nitrogen and oxygen atoms in total. The minimum Gasteiger partial charge on any atom is -0.379 e. The molecular formula is C21H24N4O2. The average Bonchev–Trinajstić information content (AvgIpc) is 3.16. The topological polar surface area (TPSA) is 70.2 Å². The monoisotopic (exact) mass is 364 g/mol. The van der Waals surface area contributed by atoms with E-state index in [9.17, 15) is 4.79 Å². The number of aromatic amines is 1. The van der Waals surface area contributed by atoms with E-state index >= 15 is 0 Å². The van der Waals surface area contributed by atoms with Gasteiger partial charge in [0.15, 0.2) is 0 Å². The molecule has 0 radical (unpaired) electrons. The predicted octanol–water partition coefficient (Wildman–Crippen LogP) is 2.68. The van der Waals surface area contributed by atoms with Crippen LogP contribution in [-0.2, 0) is 4.74 Å². The van der Waals surface area contributed by atoms with Gasteiger partial charge in [-0.1, -0.05) is 24.3 Å². The summed E-state index contributed by atoms with van der Waals surface area (Å²) in [5, 5.41) is 11.2. The van der Waals surface area contributed by atoms with Crippen LogP contribution in [0.5, 0.6) is 0 Å². The van der Waals surface area contributed by atoms with Gasteiger partial charge in [0, 0.05) is 36.6 Å². The third-order valence-corrected chi connectivity index (χ3v) is 4.91. The van der Waals surface area contributed by atoms with Gasteiger partial charge in [0.2, 0.25) is 0 Å². The van der Waals surface area contributed by atoms with E-state index in [2.05, 4.69) is 32.5 Å². The number of morpholine rings is 1. The molecule has 140 valence electrons. The van der Waals surface area contributed by atoms with Gasteiger partial charge in [-0.15, -0.1) is 0 Å². The molecule has 1 aromatic heterocycles. The van der Waals surface area contributed by atoms with Crippen molar-refractivity contribution in [1.82, 2.24) is 20.4 Å². The summed E-state index contributed by atoms with van der Waals surface area (Å²) in [6.07, 6.45) is 1.80. The number of hydrogen-bond acceptors (Lipinski definition) is 4. The van der Waals surface area contributed by atoms with Crippen molar-refractivity contribution in [1.29, 1.82) is 0 Å². The fourth-order valence-electron chi connectivity index (χ4n) is 3.48. The summed E-state index contributed by atoms with van der Waals surface area (Å²) in [6.45, 7) is 6.26. The molecule has 1 aliphatic heterocycles. The van der Waals surface area contributed by atoms with Gasteiger partial charge >= 0.3 is 0 Å². The van der Waals surface area contributed by atoms with Crippen molar-refractivity contribution in [3.63, 3.8) is 0 Å². The Morgan fingerprint density at radius 3 is 2.89 bits per heavy atom. The van der Waals surface area contributed by atoms with E-state index in [-0.39, 0.29) is 11.9 Å². The lowest BCUT2D eigenvalue weighted by Gasteiger charge is -2.29. The first-order valence-electron chi connectivity index (χ1n) is 9.33. The van der Waals surface area contributed by atoms with Gasteiger partial charge in [0.1, 0.15) is 0 Å². The summed E-state index contributed by atoms with van der Waals surface area (Å²) in [7, 11) is 0. The summed E-state index contributed by atoms with van der Waals surface area (Å²) < 4.78 is 5.37. The largest absolute Gasteiger partial charge is 0.379 e. The van der Waals surface area contributed by atoms with E-state index in [1.807, 2.05) is 37.3 Å². The Hall–Kier alpha value is -2.70. The van der Waals surface area contributed by atoms with E-state index in [1.54, 1.807) is 6.20 Å². The molecule has 0 saturated carbocycles. The number of rotatable bonds is 5. The highest BCUT2D eigenvalue weighted by Gasteiger charge is 2.16. The second-order valence-corrected chi connectivity index (χ2v) is 7.04. The Labute approximate surface area is 158 Å². The number of nitrogens with zero attached hydrogens (tertiary/aromatic N) is 2. The highest BCUT2D eigenvalue weighted by Crippen LogP contribution is 2.24. The molecule has 1 amide bonds. The Balaban J connectivity index is 1.45. The molecule has 2 heterocycles. The van der Waals surface area contributed by atoms with Crippen LogP contribution in [0.4, 0.5) is 0 Å². The maximum Gasteiger partial charge on any atom is 0.251 e. The van der Waals surface area contributed by atoms with Crippen LogP contribution in [0.2, 0.25) is 0 Å². The van der Waals surface area contributed by atoms with Crippen LogP contribution in [0.25, 0.3) is 22.0 Å². The summed E-state index contributed by atoms with van der Waals surface area (Å²) in [4.78, 5) is 15.0. The molecular weight excluding hydrogens is 340 g/mol. The number of fused-ring (bicyclic) bond motifs is 1. The lowest BCUT2D eigenvalue weighted by atomic mass is 10.0. The Morgan fingerprint density at radius 1 is 1.22 bits per heavy atom. The van der Waals surface area contributed by atoms with Crippen LogP contribution in [0.15, 0.2) is 48.7 Å². The lowest BCUT2D eigenvalue weighted by Crippen LogP contribution is -2.46. The van der Waals surface area contributed by atoms with E-state index in [1.165, 1.54) is 0 Å². The number of amides is 1. The van der Waals surface area contributed by atoms with Crippen molar-refractivity contribution >= 4 is 16.8 Å². The van der Waals surface area contributed by atoms with Gasteiger partial charge in [0.05, 0.1) is 24.9 Å². The van der Waals surface area contributed by atoms with Crippen molar-refractivity contribution in [3.05, 3.63) is 54.2 Å². The van der Waals surface area contributed by atoms with Crippen molar-refractivity contribution in [2.45, 2.75) is 13.0 Å². The normalized spacial score (nSPS) is 16.3. The number of hydrogen-bond donors (Lipinski definition) is 2. The third-order valence-electron chi connectivity index (χ3n) is 4.91. The minimum atomic E-state index is -0.0415. The van der Waals surface area contributed by atoms with Crippen LogP contribution in [-0.4, -0.2) is 59.9 Å². The second-order valence-electron chi connectivity index (χ2n) is 7.04. The maximum atomic E-state index is 12.7. The average molecular weight is 364 g/mol. The number of benzene rings is 2. The van der Waals surface area contributed by atoms with Crippen molar-refractivity contribution < 1.29 is 9.53 Å². The molecule has 1 fully saturated rings. The summed E-state index contributed by atoms with van der Waals surface area (Å²) in [5.41, 5.74) is 3.73. The molecule has 6 heteroatoms. The van der Waals surface area contributed by atoms with E-state index < -0.39 is 0 Å². The summed E-state index contributed by atoms with van der Waals surface area (Å²) >= 11 is 0. The zero-order valence-electron chi connectivity index (χ0n) is 15.4. The highest BCUT2D eigenvalue weighted by atomic mass is 16.5. The maximum absolute atomic E-state index is 12.7. The van der Waals surface area contributed by atoms with Crippen LogP contribution in [0.1, 0.15) is 17.3 Å². The fraction of sp³-hybridized carbons (Fsp3) is 0.333. The van der Waals surface area contributed by atoms with E-state index in [0.717, 1.165) is 54.9 Å². The molecule has 1 saturated heterocycles. The molecule has 2 aromatic carbocycles. The van der Waals surface area contributed by atoms with Gasteiger partial charge in [-0.2, -0.15) is 5.10 Å². The molecule has 1 aliphatic rings. The number of ether oxygens (including phenoxy) is 1. The van der Waals surface area contributed by atoms with Gasteiger partial charge in [-0.25, -0.2) is 0 Å². The third kappa shape index (κ3) is 4.18. The van der Waals surface area contributed by atoms with Gasteiger partial charge in [-0.3, -0.25) is 14.8 Å². The Bertz CT molecular complexity index is 931.